The molecule has 1 aromatic rings. The van der Waals surface area contributed by atoms with Crippen LogP contribution < -0.4 is 5.32 Å². The minimum atomic E-state index is -5.41. The van der Waals surface area contributed by atoms with Crippen molar-refractivity contribution in [3.05, 3.63) is 35.6 Å². The van der Waals surface area contributed by atoms with E-state index in [2.05, 4.69) is 0 Å². The average Bonchev–Trinajstić information content (AvgIpc) is 2.24. The molecule has 0 aliphatic carbocycles. The number of hydrogen-bond donors (Lipinski definition) is 2. The summed E-state index contributed by atoms with van der Waals surface area (Å²) in [6.45, 7) is 0.713. The molecule has 0 saturated heterocycles. The summed E-state index contributed by atoms with van der Waals surface area (Å²) in [5, 5.41) is 10.2. The summed E-state index contributed by atoms with van der Waals surface area (Å²) in [7, 11) is 0. The molecule has 1 atom stereocenters. The van der Waals surface area contributed by atoms with Gasteiger partial charge in [0.05, 0.1) is 0 Å². The number of carboxylic acid groups (broad SMARTS) is 1. The van der Waals surface area contributed by atoms with E-state index in [1.54, 1.807) is 0 Å². The molecule has 104 valence electrons. The van der Waals surface area contributed by atoms with Crippen LogP contribution in [0.4, 0.5) is 17.6 Å². The normalized spacial score (nSPS) is 14.6. The minimum absolute atomic E-state index is 0.660. The third-order valence-corrected chi connectivity index (χ3v) is 2.39. The predicted octanol–water partition coefficient (Wildman–Crippen LogP) is 1.80. The van der Waals surface area contributed by atoms with E-state index in [-0.39, 0.29) is 0 Å². The van der Waals surface area contributed by atoms with E-state index < -0.39 is 35.0 Å². The molecule has 0 bridgehead atoms. The van der Waals surface area contributed by atoms with Crippen LogP contribution in [0.1, 0.15) is 12.5 Å². The molecule has 8 heteroatoms. The highest BCUT2D eigenvalue weighted by molar-refractivity contribution is 5.88. The standard InChI is InChI=1S/C11H9F4NO3/c1-6(17)16-10(9(18)19,11(13,14)15)7-4-2-3-5-8(7)12/h2-5H,1H3,(H,16,17)(H,18,19). The second kappa shape index (κ2) is 4.87. The molecule has 1 amide bonds. The SMILES string of the molecule is CC(=O)NC(C(=O)O)(c1ccccc1F)C(F)(F)F. The maximum atomic E-state index is 13.5. The van der Waals surface area contributed by atoms with Crippen molar-refractivity contribution in [2.45, 2.75) is 18.6 Å². The molecule has 0 radical (unpaired) electrons. The number of hydrogen-bond acceptors (Lipinski definition) is 2. The number of halogens is 4. The Morgan fingerprint density at radius 3 is 2.11 bits per heavy atom. The van der Waals surface area contributed by atoms with Crippen LogP contribution >= 0.6 is 0 Å². The first-order valence-electron chi connectivity index (χ1n) is 4.97. The first-order valence-corrected chi connectivity index (χ1v) is 4.97. The van der Waals surface area contributed by atoms with Gasteiger partial charge in [-0.1, -0.05) is 18.2 Å². The number of aliphatic carboxylic acids is 1. The van der Waals surface area contributed by atoms with Crippen molar-refractivity contribution in [2.24, 2.45) is 0 Å². The monoisotopic (exact) mass is 279 g/mol. The number of carbonyl (C=O) groups is 2. The molecule has 1 unspecified atom stereocenters. The average molecular weight is 279 g/mol. The lowest BCUT2D eigenvalue weighted by atomic mass is 9.88. The van der Waals surface area contributed by atoms with Gasteiger partial charge in [-0.05, 0) is 6.07 Å². The second-order valence-corrected chi connectivity index (χ2v) is 3.71. The van der Waals surface area contributed by atoms with Gasteiger partial charge in [0.1, 0.15) is 5.82 Å². The molecule has 1 rings (SSSR count). The Hall–Kier alpha value is -2.12. The molecule has 0 aromatic heterocycles. The van der Waals surface area contributed by atoms with E-state index in [1.807, 2.05) is 0 Å². The van der Waals surface area contributed by atoms with Gasteiger partial charge in [-0.2, -0.15) is 13.2 Å². The summed E-state index contributed by atoms with van der Waals surface area (Å²) in [5.74, 6) is -5.04. The summed E-state index contributed by atoms with van der Waals surface area (Å²) < 4.78 is 52.8. The lowest BCUT2D eigenvalue weighted by Crippen LogP contribution is -2.61. The van der Waals surface area contributed by atoms with Crippen LogP contribution in [0, 0.1) is 5.82 Å². The van der Waals surface area contributed by atoms with E-state index in [0.29, 0.717) is 19.1 Å². The summed E-state index contributed by atoms with van der Waals surface area (Å²) in [4.78, 5) is 22.0. The fraction of sp³-hybridized carbons (Fsp3) is 0.273. The van der Waals surface area contributed by atoms with Gasteiger partial charge in [-0.25, -0.2) is 9.18 Å². The zero-order valence-corrected chi connectivity index (χ0v) is 9.58. The lowest BCUT2D eigenvalue weighted by molar-refractivity contribution is -0.214. The highest BCUT2D eigenvalue weighted by Gasteiger charge is 2.64. The summed E-state index contributed by atoms with van der Waals surface area (Å²) in [6, 6.07) is 3.49. The molecule has 2 N–H and O–H groups in total. The third kappa shape index (κ3) is 2.51. The maximum absolute atomic E-state index is 13.5. The van der Waals surface area contributed by atoms with Crippen LogP contribution in [0.5, 0.6) is 0 Å². The van der Waals surface area contributed by atoms with Crippen molar-refractivity contribution in [3.8, 4) is 0 Å². The van der Waals surface area contributed by atoms with E-state index in [0.717, 1.165) is 12.1 Å². The van der Waals surface area contributed by atoms with Crippen LogP contribution in [0.15, 0.2) is 24.3 Å². The number of carboxylic acids is 1. The molecular weight excluding hydrogens is 270 g/mol. The highest BCUT2D eigenvalue weighted by Crippen LogP contribution is 2.40. The largest absolute Gasteiger partial charge is 0.479 e. The zero-order chi connectivity index (χ0) is 14.8. The Kier molecular flexibility index (Phi) is 3.83. The Morgan fingerprint density at radius 1 is 1.21 bits per heavy atom. The quantitative estimate of drug-likeness (QED) is 0.829. The molecule has 0 aliphatic rings. The van der Waals surface area contributed by atoms with Crippen molar-refractivity contribution in [1.29, 1.82) is 0 Å². The van der Waals surface area contributed by atoms with Crippen molar-refractivity contribution in [1.82, 2.24) is 5.32 Å². The molecule has 0 fully saturated rings. The number of carbonyl (C=O) groups excluding carboxylic acids is 1. The summed E-state index contributed by atoms with van der Waals surface area (Å²) in [5.41, 5.74) is -4.99. The predicted molar refractivity (Wildman–Crippen MR) is 55.6 cm³/mol. The fourth-order valence-corrected chi connectivity index (χ4v) is 1.61. The van der Waals surface area contributed by atoms with Gasteiger partial charge in [0, 0.05) is 12.5 Å². The van der Waals surface area contributed by atoms with Gasteiger partial charge >= 0.3 is 12.1 Å². The van der Waals surface area contributed by atoms with Crippen LogP contribution in [0.25, 0.3) is 0 Å². The maximum Gasteiger partial charge on any atom is 0.426 e. The molecule has 0 heterocycles. The van der Waals surface area contributed by atoms with E-state index in [4.69, 9.17) is 5.11 Å². The lowest BCUT2D eigenvalue weighted by Gasteiger charge is -2.32. The Balaban J connectivity index is 3.62. The van der Waals surface area contributed by atoms with Gasteiger partial charge in [0.15, 0.2) is 0 Å². The molecule has 0 spiro atoms. The van der Waals surface area contributed by atoms with E-state index in [9.17, 15) is 27.2 Å². The number of nitrogens with one attached hydrogen (secondary N) is 1. The van der Waals surface area contributed by atoms with Crippen LogP contribution in [0.3, 0.4) is 0 Å². The Bertz CT molecular complexity index is 515. The third-order valence-electron chi connectivity index (χ3n) is 2.39. The fourth-order valence-electron chi connectivity index (χ4n) is 1.61. The zero-order valence-electron chi connectivity index (χ0n) is 9.58. The molecule has 19 heavy (non-hydrogen) atoms. The Labute approximate surface area is 105 Å². The number of benzene rings is 1. The first kappa shape index (κ1) is 14.9. The minimum Gasteiger partial charge on any atom is -0.479 e. The van der Waals surface area contributed by atoms with Gasteiger partial charge < -0.3 is 10.4 Å². The summed E-state index contributed by atoms with van der Waals surface area (Å²) >= 11 is 0. The van der Waals surface area contributed by atoms with Crippen LogP contribution in [-0.4, -0.2) is 23.2 Å². The van der Waals surface area contributed by atoms with Crippen molar-refractivity contribution in [2.75, 3.05) is 0 Å². The molecule has 1 aromatic carbocycles. The van der Waals surface area contributed by atoms with Gasteiger partial charge in [-0.15, -0.1) is 0 Å². The van der Waals surface area contributed by atoms with Gasteiger partial charge in [0.2, 0.25) is 5.91 Å². The van der Waals surface area contributed by atoms with Crippen LogP contribution in [0.2, 0.25) is 0 Å². The van der Waals surface area contributed by atoms with Gasteiger partial charge in [0.25, 0.3) is 5.54 Å². The van der Waals surface area contributed by atoms with Crippen molar-refractivity contribution >= 4 is 11.9 Å². The number of rotatable bonds is 3. The second-order valence-electron chi connectivity index (χ2n) is 3.71. The molecular formula is C11H9F4NO3. The Morgan fingerprint density at radius 2 is 1.74 bits per heavy atom. The summed E-state index contributed by atoms with van der Waals surface area (Å²) in [6.07, 6.45) is -5.41. The van der Waals surface area contributed by atoms with E-state index >= 15 is 0 Å². The molecule has 0 aliphatic heterocycles. The first-order chi connectivity index (χ1) is 8.63. The van der Waals surface area contributed by atoms with Crippen molar-refractivity contribution in [3.63, 3.8) is 0 Å². The van der Waals surface area contributed by atoms with E-state index in [1.165, 1.54) is 5.32 Å². The molecule has 4 nitrogen and oxygen atoms in total. The number of alkyl halides is 3. The smallest absolute Gasteiger partial charge is 0.426 e. The number of amides is 1. The topological polar surface area (TPSA) is 66.4 Å². The van der Waals surface area contributed by atoms with Gasteiger partial charge in [-0.3, -0.25) is 4.79 Å². The van der Waals surface area contributed by atoms with Crippen LogP contribution in [-0.2, 0) is 15.1 Å². The van der Waals surface area contributed by atoms with Crippen molar-refractivity contribution < 1.29 is 32.3 Å². The molecule has 0 saturated carbocycles. The highest BCUT2D eigenvalue weighted by atomic mass is 19.4.